The number of carbonyl (C=O) groups excluding carboxylic acids is 1. The molecular weight excluding hydrogens is 270 g/mol. The van der Waals surface area contributed by atoms with Crippen LogP contribution in [0.15, 0.2) is 45.4 Å². The summed E-state index contributed by atoms with van der Waals surface area (Å²) in [6.07, 6.45) is 1.42. The highest BCUT2D eigenvalue weighted by atomic mass is 16.4. The highest BCUT2D eigenvalue weighted by molar-refractivity contribution is 6.00. The van der Waals surface area contributed by atoms with Crippen molar-refractivity contribution in [2.24, 2.45) is 0 Å². The summed E-state index contributed by atoms with van der Waals surface area (Å²) in [5, 5.41) is 10.3. The normalized spacial score (nSPS) is 10.6. The molecule has 0 spiro atoms. The molecule has 6 heteroatoms. The molecule has 1 N–H and O–H groups in total. The maximum atomic E-state index is 11.8. The van der Waals surface area contributed by atoms with Crippen LogP contribution in [0.1, 0.15) is 21.7 Å². The molecule has 0 aliphatic carbocycles. The summed E-state index contributed by atoms with van der Waals surface area (Å²) in [5.74, 6) is 0.114. The smallest absolute Gasteiger partial charge is 0.322 e. The van der Waals surface area contributed by atoms with Crippen LogP contribution in [0.5, 0.6) is 0 Å². The first-order valence-electron chi connectivity index (χ1n) is 6.39. The van der Waals surface area contributed by atoms with E-state index in [-0.39, 0.29) is 11.8 Å². The van der Waals surface area contributed by atoms with Crippen molar-refractivity contribution in [1.82, 2.24) is 10.2 Å². The third-order valence-electron chi connectivity index (χ3n) is 3.01. The van der Waals surface area contributed by atoms with Crippen LogP contribution in [-0.4, -0.2) is 16.1 Å². The van der Waals surface area contributed by atoms with Crippen molar-refractivity contribution in [1.29, 1.82) is 0 Å². The zero-order chi connectivity index (χ0) is 14.8. The summed E-state index contributed by atoms with van der Waals surface area (Å²) in [6, 6.07) is 9.17. The Hall–Kier alpha value is -2.89. The van der Waals surface area contributed by atoms with Crippen LogP contribution in [0.25, 0.3) is 11.5 Å². The van der Waals surface area contributed by atoms with Gasteiger partial charge in [-0.25, -0.2) is 0 Å². The van der Waals surface area contributed by atoms with Crippen LogP contribution in [0.4, 0.5) is 6.01 Å². The topological polar surface area (TPSA) is 81.2 Å². The van der Waals surface area contributed by atoms with Gasteiger partial charge >= 0.3 is 6.01 Å². The van der Waals surface area contributed by atoms with Gasteiger partial charge in [-0.15, -0.1) is 5.10 Å². The number of hydrogen-bond donors (Lipinski definition) is 1. The second-order valence-corrected chi connectivity index (χ2v) is 4.66. The van der Waals surface area contributed by atoms with Crippen molar-refractivity contribution in [3.8, 4) is 11.5 Å². The average Bonchev–Trinajstić information content (AvgIpc) is 3.12. The molecule has 3 aromatic rings. The van der Waals surface area contributed by atoms with Crippen molar-refractivity contribution in [2.45, 2.75) is 13.8 Å². The molecule has 0 saturated heterocycles. The molecule has 106 valence electrons. The van der Waals surface area contributed by atoms with Gasteiger partial charge in [0.05, 0.1) is 6.26 Å². The highest BCUT2D eigenvalue weighted by Gasteiger charge is 2.15. The number of anilines is 1. The Labute approximate surface area is 120 Å². The second kappa shape index (κ2) is 5.24. The summed E-state index contributed by atoms with van der Waals surface area (Å²) in [6.45, 7) is 3.94. The molecule has 0 atom stereocenters. The van der Waals surface area contributed by atoms with E-state index in [1.165, 1.54) is 6.26 Å². The molecule has 0 unspecified atom stereocenters. The van der Waals surface area contributed by atoms with Gasteiger partial charge in [0, 0.05) is 5.56 Å². The SMILES string of the molecule is Cc1ccc(C)c(-c2nnc(NC(=O)c3ccco3)o2)c1. The van der Waals surface area contributed by atoms with Crippen LogP contribution in [0.2, 0.25) is 0 Å². The molecule has 0 saturated carbocycles. The lowest BCUT2D eigenvalue weighted by Crippen LogP contribution is -2.10. The van der Waals surface area contributed by atoms with Crippen LogP contribution in [0, 0.1) is 13.8 Å². The predicted octanol–water partition coefficient (Wildman–Crippen LogP) is 3.20. The number of nitrogens with zero attached hydrogens (tertiary/aromatic N) is 2. The number of hydrogen-bond acceptors (Lipinski definition) is 5. The molecule has 0 aliphatic rings. The maximum Gasteiger partial charge on any atom is 0.322 e. The molecule has 0 aliphatic heterocycles. The van der Waals surface area contributed by atoms with E-state index < -0.39 is 5.91 Å². The maximum absolute atomic E-state index is 11.8. The first kappa shape index (κ1) is 13.1. The lowest BCUT2D eigenvalue weighted by atomic mass is 10.1. The van der Waals surface area contributed by atoms with E-state index in [1.807, 2.05) is 32.0 Å². The summed E-state index contributed by atoms with van der Waals surface area (Å²) in [5.41, 5.74) is 2.96. The van der Waals surface area contributed by atoms with Gasteiger partial charge in [0.15, 0.2) is 5.76 Å². The van der Waals surface area contributed by atoms with Crippen molar-refractivity contribution >= 4 is 11.9 Å². The van der Waals surface area contributed by atoms with Gasteiger partial charge in [-0.3, -0.25) is 10.1 Å². The zero-order valence-corrected chi connectivity index (χ0v) is 11.6. The Kier molecular flexibility index (Phi) is 3.27. The Morgan fingerprint density at radius 1 is 1.19 bits per heavy atom. The minimum Gasteiger partial charge on any atom is -0.459 e. The van der Waals surface area contributed by atoms with E-state index in [9.17, 15) is 4.79 Å². The van der Waals surface area contributed by atoms with E-state index in [0.29, 0.717) is 5.89 Å². The van der Waals surface area contributed by atoms with Crippen LogP contribution in [-0.2, 0) is 0 Å². The monoisotopic (exact) mass is 283 g/mol. The molecule has 2 aromatic heterocycles. The second-order valence-electron chi connectivity index (χ2n) is 4.66. The summed E-state index contributed by atoms with van der Waals surface area (Å²) in [7, 11) is 0. The third kappa shape index (κ3) is 2.69. The van der Waals surface area contributed by atoms with Gasteiger partial charge in [-0.2, -0.15) is 0 Å². The molecule has 0 fully saturated rings. The lowest BCUT2D eigenvalue weighted by molar-refractivity contribution is 0.0994. The summed E-state index contributed by atoms with van der Waals surface area (Å²) < 4.78 is 10.5. The van der Waals surface area contributed by atoms with Gasteiger partial charge in [0.2, 0.25) is 5.89 Å². The fraction of sp³-hybridized carbons (Fsp3) is 0.133. The third-order valence-corrected chi connectivity index (χ3v) is 3.01. The Balaban J connectivity index is 1.83. The van der Waals surface area contributed by atoms with E-state index in [2.05, 4.69) is 15.5 Å². The minimum atomic E-state index is -0.434. The van der Waals surface area contributed by atoms with Crippen molar-refractivity contribution < 1.29 is 13.6 Å². The molecular formula is C15H13N3O3. The van der Waals surface area contributed by atoms with Gasteiger partial charge < -0.3 is 8.83 Å². The molecule has 0 bridgehead atoms. The van der Waals surface area contributed by atoms with Gasteiger partial charge in [0.1, 0.15) is 0 Å². The van der Waals surface area contributed by atoms with Crippen LogP contribution >= 0.6 is 0 Å². The number of aromatic nitrogens is 2. The molecule has 2 heterocycles. The van der Waals surface area contributed by atoms with Gasteiger partial charge in [-0.05, 0) is 37.6 Å². The number of benzene rings is 1. The largest absolute Gasteiger partial charge is 0.459 e. The average molecular weight is 283 g/mol. The number of amides is 1. The van der Waals surface area contributed by atoms with Crippen molar-refractivity contribution in [2.75, 3.05) is 5.32 Å². The number of rotatable bonds is 3. The van der Waals surface area contributed by atoms with E-state index >= 15 is 0 Å². The number of furan rings is 1. The fourth-order valence-corrected chi connectivity index (χ4v) is 1.92. The van der Waals surface area contributed by atoms with Crippen LogP contribution < -0.4 is 5.32 Å². The van der Waals surface area contributed by atoms with Crippen molar-refractivity contribution in [3.63, 3.8) is 0 Å². The van der Waals surface area contributed by atoms with E-state index in [1.54, 1.807) is 12.1 Å². The molecule has 6 nitrogen and oxygen atoms in total. The quantitative estimate of drug-likeness (QED) is 0.798. The standard InChI is InChI=1S/C15H13N3O3/c1-9-5-6-10(2)11(8-9)14-17-18-15(21-14)16-13(19)12-4-3-7-20-12/h3-8H,1-2H3,(H,16,18,19). The first-order valence-corrected chi connectivity index (χ1v) is 6.39. The van der Waals surface area contributed by atoms with E-state index in [0.717, 1.165) is 16.7 Å². The molecule has 3 rings (SSSR count). The van der Waals surface area contributed by atoms with Gasteiger partial charge in [-0.1, -0.05) is 22.8 Å². The van der Waals surface area contributed by atoms with Gasteiger partial charge in [0.25, 0.3) is 5.91 Å². The number of nitrogens with one attached hydrogen (secondary N) is 1. The Morgan fingerprint density at radius 2 is 2.05 bits per heavy atom. The Bertz CT molecular complexity index is 775. The first-order chi connectivity index (χ1) is 10.1. The zero-order valence-electron chi connectivity index (χ0n) is 11.6. The summed E-state index contributed by atoms with van der Waals surface area (Å²) in [4.78, 5) is 11.8. The lowest BCUT2D eigenvalue weighted by Gasteiger charge is -2.01. The summed E-state index contributed by atoms with van der Waals surface area (Å²) >= 11 is 0. The minimum absolute atomic E-state index is 0.0345. The highest BCUT2D eigenvalue weighted by Crippen LogP contribution is 2.24. The predicted molar refractivity (Wildman–Crippen MR) is 75.9 cm³/mol. The van der Waals surface area contributed by atoms with Crippen LogP contribution in [0.3, 0.4) is 0 Å². The molecule has 1 aromatic carbocycles. The molecule has 21 heavy (non-hydrogen) atoms. The van der Waals surface area contributed by atoms with Crippen molar-refractivity contribution in [3.05, 3.63) is 53.5 Å². The molecule has 1 amide bonds. The number of aryl methyl sites for hydroxylation is 2. The Morgan fingerprint density at radius 3 is 2.81 bits per heavy atom. The fourth-order valence-electron chi connectivity index (χ4n) is 1.92. The molecule has 0 radical (unpaired) electrons. The number of carbonyl (C=O) groups is 1. The van der Waals surface area contributed by atoms with E-state index in [4.69, 9.17) is 8.83 Å².